The summed E-state index contributed by atoms with van der Waals surface area (Å²) in [5, 5.41) is 10.1. The van der Waals surface area contributed by atoms with Gasteiger partial charge in [0.15, 0.2) is 0 Å². The third kappa shape index (κ3) is 3.78. The van der Waals surface area contributed by atoms with Crippen molar-refractivity contribution in [2.24, 2.45) is 0 Å². The summed E-state index contributed by atoms with van der Waals surface area (Å²) in [4.78, 5) is 21.6. The lowest BCUT2D eigenvalue weighted by Gasteiger charge is -2.08. The van der Waals surface area contributed by atoms with Crippen molar-refractivity contribution in [1.29, 1.82) is 0 Å². The predicted octanol–water partition coefficient (Wildman–Crippen LogP) is 3.43. The quantitative estimate of drug-likeness (QED) is 0.523. The van der Waals surface area contributed by atoms with Gasteiger partial charge in [0.1, 0.15) is 11.5 Å². The number of imidazole rings is 1. The number of hydrogen-bond donors (Lipinski definition) is 1. The number of thioether (sulfide) groups is 1. The van der Waals surface area contributed by atoms with E-state index in [0.717, 1.165) is 28.1 Å². The van der Waals surface area contributed by atoms with E-state index in [9.17, 15) is 9.90 Å². The van der Waals surface area contributed by atoms with Crippen molar-refractivity contribution >= 4 is 40.0 Å². The van der Waals surface area contributed by atoms with Crippen molar-refractivity contribution in [1.82, 2.24) is 18.9 Å². The Bertz CT molecular complexity index is 1220. The van der Waals surface area contributed by atoms with Gasteiger partial charge in [-0.3, -0.25) is 9.20 Å². The molecule has 0 saturated carbocycles. The Balaban J connectivity index is 1.55. The lowest BCUT2D eigenvalue weighted by Crippen LogP contribution is -2.15. The number of rotatable bonds is 6. The summed E-state index contributed by atoms with van der Waals surface area (Å²) < 4.78 is 3.55. The molecular weight excluding hydrogens is 396 g/mol. The summed E-state index contributed by atoms with van der Waals surface area (Å²) in [7, 11) is 0. The number of aromatic nitrogens is 4. The highest BCUT2D eigenvalue weighted by atomic mass is 35.5. The topological polar surface area (TPSA) is 72.4 Å². The number of aliphatic hydroxyl groups excluding tert-OH is 1. The smallest absolute Gasteiger partial charge is 0.258 e. The number of fused-ring (bicyclic) bond motifs is 2. The SMILES string of the molecule is Cc1ccc2nc(CSCc3nc4ccc(Cl)cc4n3CCO)cc(=O)n2c1. The van der Waals surface area contributed by atoms with Crippen LogP contribution in [0.1, 0.15) is 17.1 Å². The van der Waals surface area contributed by atoms with Crippen molar-refractivity contribution in [2.45, 2.75) is 25.0 Å². The number of nitrogens with zero attached hydrogens (tertiary/aromatic N) is 4. The first-order chi connectivity index (χ1) is 13.5. The zero-order chi connectivity index (χ0) is 19.7. The standard InChI is InChI=1S/C20H19ClN4O2S/c1-13-2-5-18-22-15(9-20(27)25(18)10-13)11-28-12-19-23-16-4-3-14(21)8-17(16)24(19)6-7-26/h2-5,8-10,26H,6-7,11-12H2,1H3. The van der Waals surface area contributed by atoms with Gasteiger partial charge in [-0.05, 0) is 36.8 Å². The molecule has 0 bridgehead atoms. The van der Waals surface area contributed by atoms with Gasteiger partial charge >= 0.3 is 0 Å². The van der Waals surface area contributed by atoms with Crippen LogP contribution >= 0.6 is 23.4 Å². The average molecular weight is 415 g/mol. The zero-order valence-corrected chi connectivity index (χ0v) is 16.9. The van der Waals surface area contributed by atoms with Crippen molar-refractivity contribution in [3.8, 4) is 0 Å². The van der Waals surface area contributed by atoms with Crippen LogP contribution in [-0.4, -0.2) is 30.6 Å². The summed E-state index contributed by atoms with van der Waals surface area (Å²) in [5.74, 6) is 2.11. The van der Waals surface area contributed by atoms with E-state index in [2.05, 4.69) is 9.97 Å². The van der Waals surface area contributed by atoms with Crippen molar-refractivity contribution in [3.05, 3.63) is 75.1 Å². The normalized spacial score (nSPS) is 11.5. The molecule has 0 amide bonds. The van der Waals surface area contributed by atoms with Gasteiger partial charge in [0, 0.05) is 29.6 Å². The largest absolute Gasteiger partial charge is 0.395 e. The van der Waals surface area contributed by atoms with Gasteiger partial charge in [0.05, 0.1) is 29.1 Å². The molecule has 144 valence electrons. The van der Waals surface area contributed by atoms with Gasteiger partial charge in [-0.1, -0.05) is 17.7 Å². The molecule has 0 fully saturated rings. The van der Waals surface area contributed by atoms with E-state index in [4.69, 9.17) is 11.6 Å². The average Bonchev–Trinajstić information content (AvgIpc) is 3.00. The van der Waals surface area contributed by atoms with E-state index in [1.54, 1.807) is 28.4 Å². The van der Waals surface area contributed by atoms with Crippen LogP contribution in [0.3, 0.4) is 0 Å². The van der Waals surface area contributed by atoms with Gasteiger partial charge < -0.3 is 9.67 Å². The highest BCUT2D eigenvalue weighted by Crippen LogP contribution is 2.24. The monoisotopic (exact) mass is 414 g/mol. The minimum absolute atomic E-state index is 0.0258. The summed E-state index contributed by atoms with van der Waals surface area (Å²) in [6.45, 7) is 2.43. The second-order valence-corrected chi connectivity index (χ2v) is 7.97. The molecule has 0 aliphatic heterocycles. The minimum atomic E-state index is -0.0774. The van der Waals surface area contributed by atoms with Gasteiger partial charge in [0.2, 0.25) is 0 Å². The first-order valence-electron chi connectivity index (χ1n) is 8.87. The van der Waals surface area contributed by atoms with Gasteiger partial charge in [-0.2, -0.15) is 0 Å². The number of aryl methyl sites for hydroxylation is 1. The molecule has 0 aliphatic carbocycles. The Morgan fingerprint density at radius 2 is 2.00 bits per heavy atom. The predicted molar refractivity (Wildman–Crippen MR) is 113 cm³/mol. The second kappa shape index (κ2) is 7.95. The Morgan fingerprint density at radius 3 is 2.82 bits per heavy atom. The van der Waals surface area contributed by atoms with Crippen LogP contribution in [0.5, 0.6) is 0 Å². The molecule has 8 heteroatoms. The van der Waals surface area contributed by atoms with E-state index in [1.807, 2.05) is 41.8 Å². The molecule has 28 heavy (non-hydrogen) atoms. The first kappa shape index (κ1) is 19.0. The van der Waals surface area contributed by atoms with Crippen LogP contribution in [0.4, 0.5) is 0 Å². The molecule has 0 radical (unpaired) electrons. The van der Waals surface area contributed by atoms with E-state index >= 15 is 0 Å². The van der Waals surface area contributed by atoms with E-state index in [-0.39, 0.29) is 12.2 Å². The number of pyridine rings is 1. The molecule has 1 N–H and O–H groups in total. The van der Waals surface area contributed by atoms with Crippen LogP contribution in [0.2, 0.25) is 5.02 Å². The molecule has 6 nitrogen and oxygen atoms in total. The van der Waals surface area contributed by atoms with E-state index < -0.39 is 0 Å². The molecule has 4 aromatic rings. The van der Waals surface area contributed by atoms with E-state index in [0.29, 0.717) is 28.7 Å². The Hall–Kier alpha value is -2.35. The summed E-state index contributed by atoms with van der Waals surface area (Å²) in [5.41, 5.74) is 4.09. The Labute approximate surface area is 170 Å². The summed E-state index contributed by atoms with van der Waals surface area (Å²) in [6.07, 6.45) is 1.80. The van der Waals surface area contributed by atoms with Crippen molar-refractivity contribution < 1.29 is 5.11 Å². The molecule has 3 heterocycles. The minimum Gasteiger partial charge on any atom is -0.395 e. The summed E-state index contributed by atoms with van der Waals surface area (Å²) in [6, 6.07) is 10.9. The highest BCUT2D eigenvalue weighted by molar-refractivity contribution is 7.97. The molecular formula is C20H19ClN4O2S. The Morgan fingerprint density at radius 1 is 1.14 bits per heavy atom. The fourth-order valence-electron chi connectivity index (χ4n) is 3.18. The maximum atomic E-state index is 12.3. The van der Waals surface area contributed by atoms with Gasteiger partial charge in [-0.25, -0.2) is 9.97 Å². The maximum absolute atomic E-state index is 12.3. The molecule has 0 unspecified atom stereocenters. The van der Waals surface area contributed by atoms with Crippen LogP contribution in [0.25, 0.3) is 16.7 Å². The third-order valence-electron chi connectivity index (χ3n) is 4.45. The summed E-state index contributed by atoms with van der Waals surface area (Å²) >= 11 is 7.74. The number of hydrogen-bond acceptors (Lipinski definition) is 5. The van der Waals surface area contributed by atoms with Crippen molar-refractivity contribution in [2.75, 3.05) is 6.61 Å². The van der Waals surface area contributed by atoms with Crippen molar-refractivity contribution in [3.63, 3.8) is 0 Å². The van der Waals surface area contributed by atoms with Crippen LogP contribution in [0.15, 0.2) is 47.4 Å². The van der Waals surface area contributed by atoms with Crippen LogP contribution < -0.4 is 5.56 Å². The number of halogens is 1. The van der Waals surface area contributed by atoms with Gasteiger partial charge in [0.25, 0.3) is 5.56 Å². The third-order valence-corrected chi connectivity index (χ3v) is 5.65. The molecule has 0 atom stereocenters. The van der Waals surface area contributed by atoms with Crippen LogP contribution in [-0.2, 0) is 18.1 Å². The number of benzene rings is 1. The Kier molecular flexibility index (Phi) is 5.39. The van der Waals surface area contributed by atoms with Crippen LogP contribution in [0, 0.1) is 6.92 Å². The lowest BCUT2D eigenvalue weighted by atomic mass is 10.3. The molecule has 0 saturated heterocycles. The molecule has 0 aliphatic rings. The zero-order valence-electron chi connectivity index (χ0n) is 15.3. The second-order valence-electron chi connectivity index (χ2n) is 6.55. The molecule has 0 spiro atoms. The fraction of sp³-hybridized carbons (Fsp3) is 0.250. The van der Waals surface area contributed by atoms with E-state index in [1.165, 1.54) is 0 Å². The van der Waals surface area contributed by atoms with Gasteiger partial charge in [-0.15, -0.1) is 11.8 Å². The molecule has 1 aromatic carbocycles. The lowest BCUT2D eigenvalue weighted by molar-refractivity contribution is 0.276. The number of aliphatic hydroxyl groups is 1. The fourth-order valence-corrected chi connectivity index (χ4v) is 4.21. The maximum Gasteiger partial charge on any atom is 0.258 e. The molecule has 4 rings (SSSR count). The molecule has 3 aromatic heterocycles. The first-order valence-corrected chi connectivity index (χ1v) is 10.4. The highest BCUT2D eigenvalue weighted by Gasteiger charge is 2.12.